The molecule has 1 aromatic carbocycles. The number of para-hydroxylation sites is 1. The Morgan fingerprint density at radius 2 is 1.82 bits per heavy atom. The molecule has 39 heavy (non-hydrogen) atoms. The Morgan fingerprint density at radius 3 is 2.62 bits per heavy atom. The first kappa shape index (κ1) is 27.1. The minimum absolute atomic E-state index is 0.0118. The predicted octanol–water partition coefficient (Wildman–Crippen LogP) is 2.52. The molecule has 2 fully saturated rings. The number of carbonyl (C=O) groups is 2. The van der Waals surface area contributed by atoms with E-state index in [2.05, 4.69) is 15.3 Å². The molecule has 2 saturated heterocycles. The van der Waals surface area contributed by atoms with Gasteiger partial charge in [0.25, 0.3) is 0 Å². The van der Waals surface area contributed by atoms with E-state index >= 15 is 0 Å². The van der Waals surface area contributed by atoms with Gasteiger partial charge in [-0.3, -0.25) is 14.6 Å². The van der Waals surface area contributed by atoms with Crippen LogP contribution in [0.3, 0.4) is 0 Å². The minimum atomic E-state index is -1.05. The number of benzene rings is 1. The van der Waals surface area contributed by atoms with Crippen LogP contribution in [0.25, 0.3) is 10.9 Å². The molecule has 4 heterocycles. The van der Waals surface area contributed by atoms with Gasteiger partial charge in [0.1, 0.15) is 17.9 Å². The molecule has 0 N–H and O–H groups in total. The number of hydrogen-bond acceptors (Lipinski definition) is 11. The van der Waals surface area contributed by atoms with Crippen molar-refractivity contribution >= 4 is 22.8 Å². The van der Waals surface area contributed by atoms with Gasteiger partial charge in [-0.2, -0.15) is 0 Å². The fraction of sp³-hybridized carbons (Fsp3) is 0.519. The SMILES string of the molecule is CCC[C@H]1OC[C@H]2O[C@@H](OCc3cn(Cc4ccc5ccccc5n4)nn3)[C@H](OC(C)=O)[C@@H](OC(C)=O)[C@@H]2O1. The maximum absolute atomic E-state index is 12.0. The quantitative estimate of drug-likeness (QED) is 0.371. The summed E-state index contributed by atoms with van der Waals surface area (Å²) in [6.45, 7) is 5.23. The third-order valence-electron chi connectivity index (χ3n) is 6.44. The Bertz CT molecular complexity index is 1300. The van der Waals surface area contributed by atoms with Gasteiger partial charge in [-0.15, -0.1) is 5.10 Å². The lowest BCUT2D eigenvalue weighted by atomic mass is 9.97. The van der Waals surface area contributed by atoms with E-state index in [9.17, 15) is 9.59 Å². The second-order valence-electron chi connectivity index (χ2n) is 9.56. The average molecular weight is 541 g/mol. The summed E-state index contributed by atoms with van der Waals surface area (Å²) >= 11 is 0. The van der Waals surface area contributed by atoms with Gasteiger partial charge in [-0.1, -0.05) is 42.8 Å². The molecule has 0 aliphatic carbocycles. The van der Waals surface area contributed by atoms with Gasteiger partial charge in [-0.25, -0.2) is 4.68 Å². The molecule has 0 amide bonds. The van der Waals surface area contributed by atoms with Crippen LogP contribution in [0.15, 0.2) is 42.6 Å². The molecule has 2 aliphatic rings. The third-order valence-corrected chi connectivity index (χ3v) is 6.44. The molecule has 0 bridgehead atoms. The van der Waals surface area contributed by atoms with E-state index in [0.29, 0.717) is 18.7 Å². The number of hydrogen-bond donors (Lipinski definition) is 0. The minimum Gasteiger partial charge on any atom is -0.455 e. The van der Waals surface area contributed by atoms with E-state index in [1.807, 2.05) is 43.3 Å². The first-order valence-corrected chi connectivity index (χ1v) is 13.0. The summed E-state index contributed by atoms with van der Waals surface area (Å²) in [6.07, 6.45) is -1.53. The Morgan fingerprint density at radius 1 is 1.03 bits per heavy atom. The molecule has 12 nitrogen and oxygen atoms in total. The van der Waals surface area contributed by atoms with Gasteiger partial charge in [0, 0.05) is 19.2 Å². The van der Waals surface area contributed by atoms with Crippen molar-refractivity contribution in [3.05, 3.63) is 54.0 Å². The second-order valence-corrected chi connectivity index (χ2v) is 9.56. The van der Waals surface area contributed by atoms with E-state index in [4.69, 9.17) is 28.4 Å². The average Bonchev–Trinajstić information content (AvgIpc) is 3.36. The largest absolute Gasteiger partial charge is 0.455 e. The van der Waals surface area contributed by atoms with Gasteiger partial charge in [-0.05, 0) is 18.6 Å². The number of fused-ring (bicyclic) bond motifs is 2. The van der Waals surface area contributed by atoms with Gasteiger partial charge in [0.2, 0.25) is 0 Å². The summed E-state index contributed by atoms with van der Waals surface area (Å²) in [5.74, 6) is -1.11. The van der Waals surface area contributed by atoms with Crippen molar-refractivity contribution in [2.45, 2.75) is 83.8 Å². The zero-order valence-corrected chi connectivity index (χ0v) is 22.1. The van der Waals surface area contributed by atoms with Crippen molar-refractivity contribution < 1.29 is 38.0 Å². The second kappa shape index (κ2) is 12.2. The molecule has 2 aromatic heterocycles. The Kier molecular flexibility index (Phi) is 8.46. The number of nitrogens with zero attached hydrogens (tertiary/aromatic N) is 4. The third kappa shape index (κ3) is 6.59. The summed E-state index contributed by atoms with van der Waals surface area (Å²) in [5.41, 5.74) is 2.28. The van der Waals surface area contributed by atoms with Crippen LogP contribution in [-0.4, -0.2) is 75.5 Å². The molecule has 208 valence electrons. The van der Waals surface area contributed by atoms with Crippen molar-refractivity contribution in [2.24, 2.45) is 0 Å². The van der Waals surface area contributed by atoms with Crippen molar-refractivity contribution in [3.8, 4) is 0 Å². The zero-order chi connectivity index (χ0) is 27.4. The standard InChI is InChI=1S/C27H32N4O8/c1-4-7-23-34-15-22-24(39-23)25(36-16(2)32)26(37-17(3)33)27(38-22)35-14-20-13-31(30-29-20)12-19-11-10-18-8-5-6-9-21(18)28-19/h5-6,8-11,13,22-27H,4,7,12,14-15H2,1-3H3/t22-,23+,24-,25+,26-,27-/m1/s1. The molecule has 6 atom stereocenters. The van der Waals surface area contributed by atoms with Crippen molar-refractivity contribution in [3.63, 3.8) is 0 Å². The summed E-state index contributed by atoms with van der Waals surface area (Å²) in [6, 6.07) is 11.9. The highest BCUT2D eigenvalue weighted by atomic mass is 16.8. The number of rotatable bonds is 9. The Labute approximate surface area is 225 Å². The van der Waals surface area contributed by atoms with Crippen LogP contribution in [0, 0.1) is 0 Å². The van der Waals surface area contributed by atoms with Crippen LogP contribution in [-0.2, 0) is 51.2 Å². The van der Waals surface area contributed by atoms with E-state index in [1.165, 1.54) is 13.8 Å². The molecule has 0 unspecified atom stereocenters. The van der Waals surface area contributed by atoms with Crippen LogP contribution < -0.4 is 0 Å². The van der Waals surface area contributed by atoms with Crippen LogP contribution in [0.2, 0.25) is 0 Å². The lowest BCUT2D eigenvalue weighted by Crippen LogP contribution is -2.65. The molecular formula is C27H32N4O8. The number of ether oxygens (including phenoxy) is 6. The van der Waals surface area contributed by atoms with Gasteiger partial charge in [0.15, 0.2) is 24.8 Å². The normalized spacial score (nSPS) is 26.6. The van der Waals surface area contributed by atoms with Gasteiger partial charge >= 0.3 is 11.9 Å². The molecule has 5 rings (SSSR count). The van der Waals surface area contributed by atoms with Crippen LogP contribution >= 0.6 is 0 Å². The van der Waals surface area contributed by atoms with Gasteiger partial charge < -0.3 is 28.4 Å². The highest BCUT2D eigenvalue weighted by Crippen LogP contribution is 2.33. The molecule has 0 radical (unpaired) electrons. The van der Waals surface area contributed by atoms with Crippen molar-refractivity contribution in [2.75, 3.05) is 6.61 Å². The maximum Gasteiger partial charge on any atom is 0.303 e. The molecule has 3 aromatic rings. The summed E-state index contributed by atoms with van der Waals surface area (Å²) in [5, 5.41) is 9.43. The Hall–Kier alpha value is -3.45. The Balaban J connectivity index is 1.28. The molecular weight excluding hydrogens is 508 g/mol. The lowest BCUT2D eigenvalue weighted by Gasteiger charge is -2.47. The van der Waals surface area contributed by atoms with E-state index in [-0.39, 0.29) is 13.2 Å². The predicted molar refractivity (Wildman–Crippen MR) is 135 cm³/mol. The van der Waals surface area contributed by atoms with Crippen molar-refractivity contribution in [1.29, 1.82) is 0 Å². The molecule has 12 heteroatoms. The number of carbonyl (C=O) groups excluding carboxylic acids is 2. The first-order chi connectivity index (χ1) is 18.9. The zero-order valence-electron chi connectivity index (χ0n) is 22.1. The van der Waals surface area contributed by atoms with E-state index < -0.39 is 48.9 Å². The number of pyridine rings is 1. The summed E-state index contributed by atoms with van der Waals surface area (Å²) < 4.78 is 36.7. The molecule has 0 spiro atoms. The van der Waals surface area contributed by atoms with Crippen LogP contribution in [0.1, 0.15) is 45.0 Å². The number of aromatic nitrogens is 4. The fourth-order valence-electron chi connectivity index (χ4n) is 4.77. The fourth-order valence-corrected chi connectivity index (χ4v) is 4.77. The highest BCUT2D eigenvalue weighted by Gasteiger charge is 2.53. The molecule has 2 aliphatic heterocycles. The topological polar surface area (TPSA) is 133 Å². The summed E-state index contributed by atoms with van der Waals surface area (Å²) in [4.78, 5) is 28.6. The monoisotopic (exact) mass is 540 g/mol. The first-order valence-electron chi connectivity index (χ1n) is 13.0. The smallest absolute Gasteiger partial charge is 0.303 e. The molecule has 0 saturated carbocycles. The summed E-state index contributed by atoms with van der Waals surface area (Å²) in [7, 11) is 0. The van der Waals surface area contributed by atoms with E-state index in [1.54, 1.807) is 10.9 Å². The van der Waals surface area contributed by atoms with Crippen LogP contribution in [0.4, 0.5) is 0 Å². The van der Waals surface area contributed by atoms with Gasteiger partial charge in [0.05, 0.1) is 37.2 Å². The van der Waals surface area contributed by atoms with Crippen LogP contribution in [0.5, 0.6) is 0 Å². The van der Waals surface area contributed by atoms with Crippen molar-refractivity contribution in [1.82, 2.24) is 20.0 Å². The maximum atomic E-state index is 12.0. The van der Waals surface area contributed by atoms with E-state index in [0.717, 1.165) is 23.0 Å². The highest BCUT2D eigenvalue weighted by molar-refractivity contribution is 5.78. The number of esters is 2. The lowest BCUT2D eigenvalue weighted by molar-refractivity contribution is -0.362.